The summed E-state index contributed by atoms with van der Waals surface area (Å²) >= 11 is 1.37. The molecule has 5 nitrogen and oxygen atoms in total. The standard InChI is InChI=1S/C14H19NO4S2/c16-8-13(11-4-2-1-3-5-11)15-14(17)9-20-12-6-7-21(18,19)10-12/h1-5,12-13,16H,6-10H2,(H,15,17)/t12?,13-/m1/s1. The normalized spacial score (nSPS) is 21.9. The highest BCUT2D eigenvalue weighted by atomic mass is 32.2. The molecule has 116 valence electrons. The van der Waals surface area contributed by atoms with Crippen molar-refractivity contribution in [2.75, 3.05) is 23.9 Å². The van der Waals surface area contributed by atoms with Crippen molar-refractivity contribution >= 4 is 27.5 Å². The van der Waals surface area contributed by atoms with Crippen LogP contribution in [-0.2, 0) is 14.6 Å². The molecule has 1 unspecified atom stereocenters. The second-order valence-electron chi connectivity index (χ2n) is 5.05. The van der Waals surface area contributed by atoms with E-state index < -0.39 is 15.9 Å². The molecule has 0 radical (unpaired) electrons. The Kier molecular flexibility index (Phi) is 5.66. The summed E-state index contributed by atoms with van der Waals surface area (Å²) < 4.78 is 22.7. The Morgan fingerprint density at radius 3 is 2.67 bits per heavy atom. The molecule has 7 heteroatoms. The highest BCUT2D eigenvalue weighted by Crippen LogP contribution is 2.24. The second kappa shape index (κ2) is 7.29. The van der Waals surface area contributed by atoms with Gasteiger partial charge in [-0.3, -0.25) is 4.79 Å². The van der Waals surface area contributed by atoms with Crippen molar-refractivity contribution in [2.24, 2.45) is 0 Å². The summed E-state index contributed by atoms with van der Waals surface area (Å²) in [4.78, 5) is 11.9. The third-order valence-electron chi connectivity index (χ3n) is 3.36. The number of nitrogens with one attached hydrogen (secondary N) is 1. The van der Waals surface area contributed by atoms with Crippen LogP contribution < -0.4 is 5.32 Å². The third-order valence-corrected chi connectivity index (χ3v) is 6.64. The Morgan fingerprint density at radius 1 is 1.38 bits per heavy atom. The Balaban J connectivity index is 1.81. The van der Waals surface area contributed by atoms with E-state index in [0.717, 1.165) is 5.56 Å². The molecule has 21 heavy (non-hydrogen) atoms. The first kappa shape index (κ1) is 16.3. The number of amides is 1. The van der Waals surface area contributed by atoms with Gasteiger partial charge in [0.2, 0.25) is 5.91 Å². The van der Waals surface area contributed by atoms with Crippen molar-refractivity contribution in [2.45, 2.75) is 17.7 Å². The zero-order chi connectivity index (χ0) is 15.3. The smallest absolute Gasteiger partial charge is 0.230 e. The van der Waals surface area contributed by atoms with E-state index >= 15 is 0 Å². The minimum Gasteiger partial charge on any atom is -0.394 e. The molecule has 1 heterocycles. The fourth-order valence-electron chi connectivity index (χ4n) is 2.24. The fourth-order valence-corrected chi connectivity index (χ4v) is 5.70. The van der Waals surface area contributed by atoms with Gasteiger partial charge in [0.05, 0.1) is 29.9 Å². The number of aliphatic hydroxyl groups is 1. The van der Waals surface area contributed by atoms with Gasteiger partial charge in [0.25, 0.3) is 0 Å². The van der Waals surface area contributed by atoms with Gasteiger partial charge in [-0.05, 0) is 12.0 Å². The van der Waals surface area contributed by atoms with Crippen molar-refractivity contribution in [3.8, 4) is 0 Å². The van der Waals surface area contributed by atoms with Gasteiger partial charge < -0.3 is 10.4 Å². The average molecular weight is 329 g/mol. The topological polar surface area (TPSA) is 83.5 Å². The van der Waals surface area contributed by atoms with Crippen LogP contribution in [0.3, 0.4) is 0 Å². The number of rotatable bonds is 6. The van der Waals surface area contributed by atoms with Crippen molar-refractivity contribution in [3.05, 3.63) is 35.9 Å². The summed E-state index contributed by atoms with van der Waals surface area (Å²) in [6.45, 7) is -0.168. The molecular formula is C14H19NO4S2. The molecule has 0 bridgehead atoms. The number of aliphatic hydroxyl groups excluding tert-OH is 1. The van der Waals surface area contributed by atoms with Crippen molar-refractivity contribution in [1.82, 2.24) is 5.32 Å². The number of hydrogen-bond donors (Lipinski definition) is 2. The quantitative estimate of drug-likeness (QED) is 0.805. The Bertz CT molecular complexity index is 574. The summed E-state index contributed by atoms with van der Waals surface area (Å²) in [6.07, 6.45) is 0.613. The molecule has 2 rings (SSSR count). The maximum atomic E-state index is 11.9. The van der Waals surface area contributed by atoms with Gasteiger partial charge in [-0.15, -0.1) is 11.8 Å². The molecule has 0 spiro atoms. The molecular weight excluding hydrogens is 310 g/mol. The molecule has 2 atom stereocenters. The van der Waals surface area contributed by atoms with Crippen molar-refractivity contribution in [3.63, 3.8) is 0 Å². The maximum Gasteiger partial charge on any atom is 0.230 e. The monoisotopic (exact) mass is 329 g/mol. The molecule has 0 saturated carbocycles. The molecule has 1 aliphatic heterocycles. The van der Waals surface area contributed by atoms with E-state index in [-0.39, 0.29) is 35.0 Å². The Hall–Kier alpha value is -1.05. The predicted molar refractivity (Wildman–Crippen MR) is 83.9 cm³/mol. The van der Waals surface area contributed by atoms with Crippen LogP contribution in [0.4, 0.5) is 0 Å². The van der Waals surface area contributed by atoms with Crippen LogP contribution in [0.15, 0.2) is 30.3 Å². The van der Waals surface area contributed by atoms with E-state index in [1.165, 1.54) is 11.8 Å². The number of thioether (sulfide) groups is 1. The van der Waals surface area contributed by atoms with Crippen molar-refractivity contribution < 1.29 is 18.3 Å². The zero-order valence-electron chi connectivity index (χ0n) is 11.6. The molecule has 1 fully saturated rings. The summed E-state index contributed by atoms with van der Waals surface area (Å²) in [6, 6.07) is 8.84. The SMILES string of the molecule is O=C(CSC1CCS(=O)(=O)C1)N[C@H](CO)c1ccccc1. The van der Waals surface area contributed by atoms with Crippen molar-refractivity contribution in [1.29, 1.82) is 0 Å². The number of sulfone groups is 1. The Morgan fingerprint density at radius 2 is 2.10 bits per heavy atom. The minimum atomic E-state index is -2.91. The number of carbonyl (C=O) groups is 1. The second-order valence-corrected chi connectivity index (χ2v) is 8.57. The lowest BCUT2D eigenvalue weighted by Gasteiger charge is -2.17. The van der Waals surface area contributed by atoms with Crippen LogP contribution in [0, 0.1) is 0 Å². The number of benzene rings is 1. The highest BCUT2D eigenvalue weighted by molar-refractivity contribution is 8.02. The van der Waals surface area contributed by atoms with Gasteiger partial charge in [0, 0.05) is 5.25 Å². The molecule has 1 aromatic carbocycles. The van der Waals surface area contributed by atoms with Crippen LogP contribution in [-0.4, -0.2) is 48.5 Å². The lowest BCUT2D eigenvalue weighted by atomic mass is 10.1. The first-order chi connectivity index (χ1) is 10.00. The van der Waals surface area contributed by atoms with Gasteiger partial charge in [-0.2, -0.15) is 0 Å². The molecule has 1 amide bonds. The van der Waals surface area contributed by atoms with Crippen LogP contribution >= 0.6 is 11.8 Å². The molecule has 2 N–H and O–H groups in total. The fraction of sp³-hybridized carbons (Fsp3) is 0.500. The lowest BCUT2D eigenvalue weighted by Crippen LogP contribution is -2.32. The van der Waals surface area contributed by atoms with Gasteiger partial charge in [0.15, 0.2) is 9.84 Å². The van der Waals surface area contributed by atoms with E-state index in [1.54, 1.807) is 0 Å². The first-order valence-corrected chi connectivity index (χ1v) is 9.64. The number of carbonyl (C=O) groups excluding carboxylic acids is 1. The molecule has 1 aromatic rings. The zero-order valence-corrected chi connectivity index (χ0v) is 13.2. The predicted octanol–water partition coefficient (Wildman–Crippen LogP) is 0.756. The summed E-state index contributed by atoms with van der Waals surface area (Å²) in [5, 5.41) is 12.1. The van der Waals surface area contributed by atoms with Gasteiger partial charge >= 0.3 is 0 Å². The van der Waals surface area contributed by atoms with Crippen LogP contribution in [0.2, 0.25) is 0 Å². The van der Waals surface area contributed by atoms with E-state index in [1.807, 2.05) is 30.3 Å². The maximum absolute atomic E-state index is 11.9. The van der Waals surface area contributed by atoms with Crippen LogP contribution in [0.1, 0.15) is 18.0 Å². The average Bonchev–Trinajstić information content (AvgIpc) is 2.83. The van der Waals surface area contributed by atoms with Gasteiger partial charge in [-0.1, -0.05) is 30.3 Å². The lowest BCUT2D eigenvalue weighted by molar-refractivity contribution is -0.119. The summed E-state index contributed by atoms with van der Waals surface area (Å²) in [5.41, 5.74) is 0.849. The first-order valence-electron chi connectivity index (χ1n) is 6.77. The van der Waals surface area contributed by atoms with E-state index in [2.05, 4.69) is 5.32 Å². The molecule has 0 aromatic heterocycles. The highest BCUT2D eigenvalue weighted by Gasteiger charge is 2.28. The van der Waals surface area contributed by atoms with E-state index in [4.69, 9.17) is 0 Å². The van der Waals surface area contributed by atoms with Gasteiger partial charge in [-0.25, -0.2) is 8.42 Å². The van der Waals surface area contributed by atoms with Gasteiger partial charge in [0.1, 0.15) is 0 Å². The molecule has 0 aliphatic carbocycles. The molecule has 1 aliphatic rings. The summed E-state index contributed by atoms with van der Waals surface area (Å²) in [7, 11) is -2.91. The van der Waals surface area contributed by atoms with E-state index in [9.17, 15) is 18.3 Å². The van der Waals surface area contributed by atoms with Crippen LogP contribution in [0.25, 0.3) is 0 Å². The number of hydrogen-bond acceptors (Lipinski definition) is 5. The summed E-state index contributed by atoms with van der Waals surface area (Å²) in [5.74, 6) is 0.402. The minimum absolute atomic E-state index is 0.00468. The van der Waals surface area contributed by atoms with E-state index in [0.29, 0.717) is 6.42 Å². The van der Waals surface area contributed by atoms with Crippen LogP contribution in [0.5, 0.6) is 0 Å². The largest absolute Gasteiger partial charge is 0.394 e. The Labute approximate surface area is 129 Å². The third kappa shape index (κ3) is 5.01. The molecule has 1 saturated heterocycles.